The van der Waals surface area contributed by atoms with Gasteiger partial charge in [-0.1, -0.05) is 17.7 Å². The Kier molecular flexibility index (Phi) is 7.36. The monoisotopic (exact) mass is 307 g/mol. The van der Waals surface area contributed by atoms with Crippen molar-refractivity contribution in [3.05, 3.63) is 38.9 Å². The molecule has 1 aromatic rings. The fourth-order valence-electron chi connectivity index (χ4n) is 1.39. The Morgan fingerprint density at radius 3 is 2.74 bits per heavy atom. The average Bonchev–Trinajstić information content (AvgIpc) is 2.27. The van der Waals surface area contributed by atoms with Crippen LogP contribution in [0.25, 0.3) is 0 Å². The SMILES string of the molecule is CC(N)CCNC(=O)c1cccc(Cl)c1[N+](=O)[O-].Cl. The second kappa shape index (κ2) is 7.93. The summed E-state index contributed by atoms with van der Waals surface area (Å²) in [5, 5.41) is 13.4. The average molecular weight is 308 g/mol. The molecule has 0 radical (unpaired) electrons. The number of nitrogens with zero attached hydrogens (tertiary/aromatic N) is 1. The van der Waals surface area contributed by atoms with E-state index in [1.165, 1.54) is 18.2 Å². The normalized spacial score (nSPS) is 11.3. The maximum Gasteiger partial charge on any atom is 0.300 e. The molecule has 0 aromatic heterocycles. The quantitative estimate of drug-likeness (QED) is 0.643. The summed E-state index contributed by atoms with van der Waals surface area (Å²) >= 11 is 5.71. The molecule has 0 aliphatic rings. The van der Waals surface area contributed by atoms with Gasteiger partial charge < -0.3 is 11.1 Å². The van der Waals surface area contributed by atoms with Gasteiger partial charge in [0.15, 0.2) is 0 Å². The van der Waals surface area contributed by atoms with Crippen LogP contribution in [0.1, 0.15) is 23.7 Å². The second-order valence-electron chi connectivity index (χ2n) is 3.91. The van der Waals surface area contributed by atoms with Crippen molar-refractivity contribution >= 4 is 35.6 Å². The van der Waals surface area contributed by atoms with Gasteiger partial charge >= 0.3 is 5.69 Å². The van der Waals surface area contributed by atoms with Crippen LogP contribution in [0.3, 0.4) is 0 Å². The van der Waals surface area contributed by atoms with E-state index < -0.39 is 10.8 Å². The van der Waals surface area contributed by atoms with Gasteiger partial charge in [-0.25, -0.2) is 0 Å². The van der Waals surface area contributed by atoms with Crippen molar-refractivity contribution in [1.29, 1.82) is 0 Å². The maximum absolute atomic E-state index is 11.8. The molecule has 6 nitrogen and oxygen atoms in total. The van der Waals surface area contributed by atoms with Crippen LogP contribution in [-0.4, -0.2) is 23.4 Å². The highest BCUT2D eigenvalue weighted by Crippen LogP contribution is 2.27. The first-order chi connectivity index (χ1) is 8.43. The van der Waals surface area contributed by atoms with Gasteiger partial charge in [-0.15, -0.1) is 12.4 Å². The number of para-hydroxylation sites is 1. The number of carbonyl (C=O) groups excluding carboxylic acids is 1. The summed E-state index contributed by atoms with van der Waals surface area (Å²) < 4.78 is 0. The number of hydrogen-bond donors (Lipinski definition) is 2. The largest absolute Gasteiger partial charge is 0.352 e. The Bertz CT molecular complexity index is 466. The van der Waals surface area contributed by atoms with Gasteiger partial charge in [-0.3, -0.25) is 14.9 Å². The van der Waals surface area contributed by atoms with Crippen molar-refractivity contribution in [2.24, 2.45) is 5.73 Å². The van der Waals surface area contributed by atoms with Crippen LogP contribution in [-0.2, 0) is 0 Å². The molecule has 1 atom stereocenters. The van der Waals surface area contributed by atoms with Crippen LogP contribution in [0.4, 0.5) is 5.69 Å². The van der Waals surface area contributed by atoms with Crippen molar-refractivity contribution in [2.45, 2.75) is 19.4 Å². The summed E-state index contributed by atoms with van der Waals surface area (Å²) in [5.41, 5.74) is 5.12. The zero-order valence-corrected chi connectivity index (χ0v) is 11.8. The first-order valence-corrected chi connectivity index (χ1v) is 5.78. The van der Waals surface area contributed by atoms with Crippen molar-refractivity contribution < 1.29 is 9.72 Å². The summed E-state index contributed by atoms with van der Waals surface area (Å²) in [6, 6.07) is 4.19. The van der Waals surface area contributed by atoms with E-state index in [4.69, 9.17) is 17.3 Å². The Morgan fingerprint density at radius 1 is 1.58 bits per heavy atom. The molecule has 0 heterocycles. The third kappa shape index (κ3) is 5.02. The van der Waals surface area contributed by atoms with Gasteiger partial charge in [-0.05, 0) is 25.5 Å². The molecule has 3 N–H and O–H groups in total. The van der Waals surface area contributed by atoms with E-state index in [2.05, 4.69) is 5.32 Å². The molecule has 1 aromatic carbocycles. The lowest BCUT2D eigenvalue weighted by Gasteiger charge is -2.08. The van der Waals surface area contributed by atoms with Gasteiger partial charge in [0.1, 0.15) is 10.6 Å². The number of rotatable bonds is 5. The predicted octanol–water partition coefficient (Wildman–Crippen LogP) is 2.14. The molecule has 0 aliphatic heterocycles. The van der Waals surface area contributed by atoms with Crippen LogP contribution in [0, 0.1) is 10.1 Å². The molecule has 1 rings (SSSR count). The molecule has 1 unspecified atom stereocenters. The number of amides is 1. The maximum atomic E-state index is 11.8. The first-order valence-electron chi connectivity index (χ1n) is 5.40. The van der Waals surface area contributed by atoms with Gasteiger partial charge in [0.25, 0.3) is 5.91 Å². The zero-order valence-electron chi connectivity index (χ0n) is 10.3. The molecule has 0 spiro atoms. The number of carbonyl (C=O) groups is 1. The Hall–Kier alpha value is -1.37. The lowest BCUT2D eigenvalue weighted by atomic mass is 10.1. The van der Waals surface area contributed by atoms with E-state index in [0.717, 1.165) is 0 Å². The number of nitro benzene ring substituents is 1. The number of halogens is 2. The third-order valence-corrected chi connectivity index (χ3v) is 2.60. The number of nitrogens with two attached hydrogens (primary N) is 1. The van der Waals surface area contributed by atoms with Crippen LogP contribution in [0.15, 0.2) is 18.2 Å². The minimum Gasteiger partial charge on any atom is -0.352 e. The summed E-state index contributed by atoms with van der Waals surface area (Å²) in [7, 11) is 0. The Balaban J connectivity index is 0.00000324. The summed E-state index contributed by atoms with van der Waals surface area (Å²) in [6.07, 6.45) is 0.597. The number of nitro groups is 1. The molecule has 8 heteroatoms. The lowest BCUT2D eigenvalue weighted by molar-refractivity contribution is -0.385. The van der Waals surface area contributed by atoms with Gasteiger partial charge in [0.2, 0.25) is 0 Å². The topological polar surface area (TPSA) is 98.3 Å². The molecule has 0 bridgehead atoms. The van der Waals surface area contributed by atoms with E-state index in [1.54, 1.807) is 0 Å². The van der Waals surface area contributed by atoms with Crippen LogP contribution >= 0.6 is 24.0 Å². The molecule has 1 amide bonds. The van der Waals surface area contributed by atoms with E-state index in [0.29, 0.717) is 13.0 Å². The Labute approximate surface area is 121 Å². The van der Waals surface area contributed by atoms with E-state index in [1.807, 2.05) is 6.92 Å². The molecule has 0 saturated heterocycles. The zero-order chi connectivity index (χ0) is 13.7. The van der Waals surface area contributed by atoms with Crippen LogP contribution in [0.2, 0.25) is 5.02 Å². The molecule has 0 aliphatic carbocycles. The van der Waals surface area contributed by atoms with Crippen molar-refractivity contribution in [1.82, 2.24) is 5.32 Å². The second-order valence-corrected chi connectivity index (χ2v) is 4.32. The molecular formula is C11H15Cl2N3O3. The molecule has 19 heavy (non-hydrogen) atoms. The Morgan fingerprint density at radius 2 is 2.21 bits per heavy atom. The molecular weight excluding hydrogens is 293 g/mol. The highest BCUT2D eigenvalue weighted by atomic mass is 35.5. The predicted molar refractivity (Wildman–Crippen MR) is 76.0 cm³/mol. The summed E-state index contributed by atoms with van der Waals surface area (Å²) in [6.45, 7) is 2.17. The number of benzene rings is 1. The molecule has 106 valence electrons. The van der Waals surface area contributed by atoms with Crippen molar-refractivity contribution in [2.75, 3.05) is 6.54 Å². The molecule has 0 fully saturated rings. The van der Waals surface area contributed by atoms with Crippen LogP contribution < -0.4 is 11.1 Å². The fraction of sp³-hybridized carbons (Fsp3) is 0.364. The van der Waals surface area contributed by atoms with Crippen molar-refractivity contribution in [3.63, 3.8) is 0 Å². The lowest BCUT2D eigenvalue weighted by Crippen LogP contribution is -2.29. The smallest absolute Gasteiger partial charge is 0.300 e. The van der Waals surface area contributed by atoms with Gasteiger partial charge in [0.05, 0.1) is 4.92 Å². The highest BCUT2D eigenvalue weighted by Gasteiger charge is 2.23. The van der Waals surface area contributed by atoms with Crippen LogP contribution in [0.5, 0.6) is 0 Å². The number of nitrogens with one attached hydrogen (secondary N) is 1. The summed E-state index contributed by atoms with van der Waals surface area (Å²) in [4.78, 5) is 22.0. The summed E-state index contributed by atoms with van der Waals surface area (Å²) in [5.74, 6) is -0.523. The standard InChI is InChI=1S/C11H14ClN3O3.ClH/c1-7(13)5-6-14-11(16)8-3-2-4-9(12)10(8)15(17)18;/h2-4,7H,5-6,13H2,1H3,(H,14,16);1H. The van der Waals surface area contributed by atoms with Gasteiger partial charge in [-0.2, -0.15) is 0 Å². The highest BCUT2D eigenvalue weighted by molar-refractivity contribution is 6.33. The number of hydrogen-bond acceptors (Lipinski definition) is 4. The third-order valence-electron chi connectivity index (χ3n) is 2.30. The van der Waals surface area contributed by atoms with E-state index in [-0.39, 0.29) is 34.7 Å². The van der Waals surface area contributed by atoms with Crippen molar-refractivity contribution in [3.8, 4) is 0 Å². The fourth-order valence-corrected chi connectivity index (χ4v) is 1.64. The van der Waals surface area contributed by atoms with Gasteiger partial charge in [0, 0.05) is 12.6 Å². The van der Waals surface area contributed by atoms with E-state index in [9.17, 15) is 14.9 Å². The minimum absolute atomic E-state index is 0. The van der Waals surface area contributed by atoms with E-state index >= 15 is 0 Å². The molecule has 0 saturated carbocycles. The first kappa shape index (κ1) is 17.6. The minimum atomic E-state index is -0.664.